The maximum absolute atomic E-state index is 13.2. The van der Waals surface area contributed by atoms with Crippen LogP contribution in [0.5, 0.6) is 0 Å². The maximum atomic E-state index is 13.2. The Kier molecular flexibility index (Phi) is 5.22. The molecule has 1 aliphatic rings. The quantitative estimate of drug-likeness (QED) is 0.505. The first kappa shape index (κ1) is 19.4. The van der Waals surface area contributed by atoms with Crippen LogP contribution >= 0.6 is 27.5 Å². The monoisotopic (exact) mass is 468 g/mol. The number of imide groups is 1. The molecule has 0 radical (unpaired) electrons. The Balaban J connectivity index is 1.70. The first-order valence-corrected chi connectivity index (χ1v) is 9.91. The van der Waals surface area contributed by atoms with Gasteiger partial charge in [-0.15, -0.1) is 0 Å². The van der Waals surface area contributed by atoms with Crippen molar-refractivity contribution in [2.24, 2.45) is 0 Å². The molecular formula is C22H14BrClN2O3. The summed E-state index contributed by atoms with van der Waals surface area (Å²) in [5, 5.41) is 0.511. The summed E-state index contributed by atoms with van der Waals surface area (Å²) in [4.78, 5) is 41.3. The number of fused-ring (bicyclic) bond motifs is 1. The molecule has 5 nitrogen and oxygen atoms in total. The Labute approximate surface area is 180 Å². The molecule has 1 heterocycles. The van der Waals surface area contributed by atoms with Crippen LogP contribution in [0.4, 0.5) is 5.69 Å². The molecule has 3 aromatic rings. The Morgan fingerprint density at radius 3 is 1.97 bits per heavy atom. The molecule has 3 amide bonds. The molecule has 0 aromatic heterocycles. The standard InChI is InChI=1S/C22H14BrClN2O3/c23-15-7-11-17(12-8-15)25(20(27)14-5-9-16(24)10-6-14)13-26-21(28)18-3-1-2-4-19(18)22(26)29/h1-12H,13H2. The van der Waals surface area contributed by atoms with Gasteiger partial charge >= 0.3 is 0 Å². The lowest BCUT2D eigenvalue weighted by Crippen LogP contribution is -2.44. The minimum atomic E-state index is -0.420. The van der Waals surface area contributed by atoms with E-state index in [0.717, 1.165) is 9.37 Å². The van der Waals surface area contributed by atoms with Gasteiger partial charge in [-0.25, -0.2) is 0 Å². The zero-order chi connectivity index (χ0) is 20.5. The summed E-state index contributed by atoms with van der Waals surface area (Å²) in [5.41, 5.74) is 1.64. The highest BCUT2D eigenvalue weighted by molar-refractivity contribution is 9.10. The van der Waals surface area contributed by atoms with Gasteiger partial charge in [0, 0.05) is 20.7 Å². The highest BCUT2D eigenvalue weighted by Gasteiger charge is 2.37. The van der Waals surface area contributed by atoms with E-state index >= 15 is 0 Å². The summed E-state index contributed by atoms with van der Waals surface area (Å²) >= 11 is 9.30. The predicted molar refractivity (Wildman–Crippen MR) is 114 cm³/mol. The first-order chi connectivity index (χ1) is 14.0. The number of benzene rings is 3. The molecule has 0 unspecified atom stereocenters. The summed E-state index contributed by atoms with van der Waals surface area (Å²) in [7, 11) is 0. The van der Waals surface area contributed by atoms with Gasteiger partial charge in [-0.3, -0.25) is 24.2 Å². The van der Waals surface area contributed by atoms with Crippen LogP contribution in [-0.4, -0.2) is 29.3 Å². The number of amides is 3. The van der Waals surface area contributed by atoms with Crippen LogP contribution in [0.15, 0.2) is 77.3 Å². The van der Waals surface area contributed by atoms with Crippen LogP contribution in [0.1, 0.15) is 31.1 Å². The minimum Gasteiger partial charge on any atom is -0.290 e. The second kappa shape index (κ2) is 7.81. The average Bonchev–Trinajstić information content (AvgIpc) is 2.98. The summed E-state index contributed by atoms with van der Waals surface area (Å²) in [6.45, 7) is -0.199. The van der Waals surface area contributed by atoms with Gasteiger partial charge in [-0.2, -0.15) is 0 Å². The molecule has 0 saturated heterocycles. The van der Waals surface area contributed by atoms with Gasteiger partial charge in [0.1, 0.15) is 6.67 Å². The number of carbonyl (C=O) groups is 3. The minimum absolute atomic E-state index is 0.199. The van der Waals surface area contributed by atoms with Crippen molar-refractivity contribution in [2.45, 2.75) is 0 Å². The number of nitrogens with zero attached hydrogens (tertiary/aromatic N) is 2. The average molecular weight is 470 g/mol. The lowest BCUT2D eigenvalue weighted by molar-refractivity contribution is 0.0650. The molecule has 0 spiro atoms. The van der Waals surface area contributed by atoms with Crippen molar-refractivity contribution in [3.8, 4) is 0 Å². The fourth-order valence-corrected chi connectivity index (χ4v) is 3.53. The van der Waals surface area contributed by atoms with Gasteiger partial charge in [0.15, 0.2) is 0 Å². The lowest BCUT2D eigenvalue weighted by Gasteiger charge is -2.27. The SMILES string of the molecule is O=C1c2ccccc2C(=O)N1CN(C(=O)c1ccc(Cl)cc1)c1ccc(Br)cc1. The van der Waals surface area contributed by atoms with Gasteiger partial charge in [-0.1, -0.05) is 39.7 Å². The number of hydrogen-bond acceptors (Lipinski definition) is 3. The van der Waals surface area contributed by atoms with Crippen molar-refractivity contribution in [2.75, 3.05) is 11.6 Å². The molecule has 3 aromatic carbocycles. The number of hydrogen-bond donors (Lipinski definition) is 0. The van der Waals surface area contributed by atoms with Crippen LogP contribution in [0.2, 0.25) is 5.02 Å². The van der Waals surface area contributed by atoms with Gasteiger partial charge in [-0.05, 0) is 60.7 Å². The second-order valence-electron chi connectivity index (χ2n) is 6.44. The summed E-state index contributed by atoms with van der Waals surface area (Å²) in [6, 6.07) is 20.2. The highest BCUT2D eigenvalue weighted by atomic mass is 79.9. The van der Waals surface area contributed by atoms with E-state index in [2.05, 4.69) is 15.9 Å². The van der Waals surface area contributed by atoms with E-state index in [4.69, 9.17) is 11.6 Å². The van der Waals surface area contributed by atoms with Crippen LogP contribution < -0.4 is 4.90 Å². The van der Waals surface area contributed by atoms with E-state index in [1.165, 1.54) is 4.90 Å². The number of carbonyl (C=O) groups excluding carboxylic acids is 3. The third-order valence-corrected chi connectivity index (χ3v) is 5.42. The highest BCUT2D eigenvalue weighted by Crippen LogP contribution is 2.26. The molecule has 0 bridgehead atoms. The zero-order valence-electron chi connectivity index (χ0n) is 15.0. The normalized spacial score (nSPS) is 12.8. The Bertz CT molecular complexity index is 1080. The van der Waals surface area contributed by atoms with Gasteiger partial charge in [0.2, 0.25) is 0 Å². The van der Waals surface area contributed by atoms with E-state index in [1.807, 2.05) is 0 Å². The summed E-state index contributed by atoms with van der Waals surface area (Å²) < 4.78 is 0.848. The third kappa shape index (κ3) is 3.69. The maximum Gasteiger partial charge on any atom is 0.263 e. The van der Waals surface area contributed by atoms with Crippen molar-refractivity contribution in [1.29, 1.82) is 0 Å². The topological polar surface area (TPSA) is 57.7 Å². The van der Waals surface area contributed by atoms with Crippen LogP contribution in [0.25, 0.3) is 0 Å². The van der Waals surface area contributed by atoms with Gasteiger partial charge < -0.3 is 0 Å². The number of rotatable bonds is 4. The van der Waals surface area contributed by atoms with Crippen LogP contribution in [-0.2, 0) is 0 Å². The molecular weight excluding hydrogens is 456 g/mol. The molecule has 7 heteroatoms. The Morgan fingerprint density at radius 2 is 1.41 bits per heavy atom. The lowest BCUT2D eigenvalue weighted by atomic mass is 10.1. The molecule has 0 aliphatic carbocycles. The van der Waals surface area contributed by atoms with Crippen molar-refractivity contribution in [3.63, 3.8) is 0 Å². The van der Waals surface area contributed by atoms with Crippen molar-refractivity contribution in [1.82, 2.24) is 4.90 Å². The van der Waals surface area contributed by atoms with Gasteiger partial charge in [0.25, 0.3) is 17.7 Å². The predicted octanol–water partition coefficient (Wildman–Crippen LogP) is 5.00. The largest absolute Gasteiger partial charge is 0.290 e. The molecule has 0 fully saturated rings. The van der Waals surface area contributed by atoms with Crippen molar-refractivity contribution < 1.29 is 14.4 Å². The third-order valence-electron chi connectivity index (χ3n) is 4.64. The van der Waals surface area contributed by atoms with Crippen molar-refractivity contribution >= 4 is 50.9 Å². The first-order valence-electron chi connectivity index (χ1n) is 8.74. The Hall–Kier alpha value is -2.96. The molecule has 0 saturated carbocycles. The molecule has 1 aliphatic heterocycles. The molecule has 4 rings (SSSR count). The van der Waals surface area contributed by atoms with Crippen LogP contribution in [0, 0.1) is 0 Å². The fraction of sp³-hybridized carbons (Fsp3) is 0.0455. The van der Waals surface area contributed by atoms with E-state index in [1.54, 1.807) is 72.8 Å². The van der Waals surface area contributed by atoms with E-state index in [0.29, 0.717) is 27.4 Å². The van der Waals surface area contributed by atoms with E-state index in [-0.39, 0.29) is 12.6 Å². The van der Waals surface area contributed by atoms with Crippen LogP contribution in [0.3, 0.4) is 0 Å². The zero-order valence-corrected chi connectivity index (χ0v) is 17.4. The number of halogens is 2. The second-order valence-corrected chi connectivity index (χ2v) is 7.79. The molecule has 29 heavy (non-hydrogen) atoms. The van der Waals surface area contributed by atoms with Gasteiger partial charge in [0.05, 0.1) is 11.1 Å². The molecule has 144 valence electrons. The number of anilines is 1. The van der Waals surface area contributed by atoms with E-state index < -0.39 is 11.8 Å². The smallest absolute Gasteiger partial charge is 0.263 e. The summed E-state index contributed by atoms with van der Waals surface area (Å²) in [6.07, 6.45) is 0. The molecule has 0 atom stereocenters. The summed E-state index contributed by atoms with van der Waals surface area (Å²) in [5.74, 6) is -1.19. The van der Waals surface area contributed by atoms with Crippen molar-refractivity contribution in [3.05, 3.63) is 99.0 Å². The van der Waals surface area contributed by atoms with E-state index in [9.17, 15) is 14.4 Å². The fourth-order valence-electron chi connectivity index (χ4n) is 3.14. The molecule has 0 N–H and O–H groups in total. The Morgan fingerprint density at radius 1 is 0.862 bits per heavy atom.